The molecule has 1 aromatic carbocycles. The highest BCUT2D eigenvalue weighted by Crippen LogP contribution is 2.26. The molecule has 0 saturated heterocycles. The van der Waals surface area contributed by atoms with Crippen LogP contribution in [0.25, 0.3) is 0 Å². The van der Waals surface area contributed by atoms with Crippen molar-refractivity contribution in [2.24, 2.45) is 0 Å². The van der Waals surface area contributed by atoms with E-state index in [2.05, 4.69) is 47.7 Å². The van der Waals surface area contributed by atoms with E-state index in [4.69, 9.17) is 0 Å². The second kappa shape index (κ2) is 6.16. The van der Waals surface area contributed by atoms with Gasteiger partial charge in [0.05, 0.1) is 6.04 Å². The lowest BCUT2D eigenvalue weighted by Crippen LogP contribution is -2.50. The Balaban J connectivity index is 1.50. The predicted octanol–water partition coefficient (Wildman–Crippen LogP) is 1.30. The van der Waals surface area contributed by atoms with E-state index < -0.39 is 0 Å². The maximum absolute atomic E-state index is 12.3. The van der Waals surface area contributed by atoms with E-state index >= 15 is 0 Å². The second-order valence-electron chi connectivity index (χ2n) is 6.40. The summed E-state index contributed by atoms with van der Waals surface area (Å²) < 4.78 is 0. The molecule has 4 nitrogen and oxygen atoms in total. The Hall–Kier alpha value is -1.39. The first-order chi connectivity index (χ1) is 10.1. The standard InChI is InChI=1S/C17H25N3O/c1-12(20(2)15-7-8-15)10-19-17(21)16-9-13-5-3-4-6-14(13)11-18-16/h3-6,12,15-16,18H,7-11H2,1-2H3,(H,19,21)/t12?,16-/m0/s1. The lowest BCUT2D eigenvalue weighted by Gasteiger charge is -2.28. The van der Waals surface area contributed by atoms with Crippen LogP contribution in [0, 0.1) is 0 Å². The summed E-state index contributed by atoms with van der Waals surface area (Å²) in [5.74, 6) is 0.126. The maximum Gasteiger partial charge on any atom is 0.237 e. The molecule has 1 aliphatic carbocycles. The molecular formula is C17H25N3O. The van der Waals surface area contributed by atoms with Crippen molar-refractivity contribution in [3.8, 4) is 0 Å². The number of fused-ring (bicyclic) bond motifs is 1. The summed E-state index contributed by atoms with van der Waals surface area (Å²) in [4.78, 5) is 14.7. The number of carbonyl (C=O) groups is 1. The van der Waals surface area contributed by atoms with Crippen molar-refractivity contribution in [2.75, 3.05) is 13.6 Å². The zero-order valence-corrected chi connectivity index (χ0v) is 12.9. The van der Waals surface area contributed by atoms with E-state index in [1.807, 2.05) is 6.07 Å². The average Bonchev–Trinajstić information content (AvgIpc) is 3.35. The molecule has 0 aromatic heterocycles. The van der Waals surface area contributed by atoms with Gasteiger partial charge in [0.15, 0.2) is 0 Å². The van der Waals surface area contributed by atoms with Crippen molar-refractivity contribution in [1.82, 2.24) is 15.5 Å². The molecule has 0 radical (unpaired) electrons. The summed E-state index contributed by atoms with van der Waals surface area (Å²) in [5, 5.41) is 6.44. The Labute approximate surface area is 126 Å². The number of carbonyl (C=O) groups excluding carboxylic acids is 1. The van der Waals surface area contributed by atoms with Crippen LogP contribution < -0.4 is 10.6 Å². The summed E-state index contributed by atoms with van der Waals surface area (Å²) in [6.45, 7) is 3.69. The second-order valence-corrected chi connectivity index (χ2v) is 6.40. The number of nitrogens with zero attached hydrogens (tertiary/aromatic N) is 1. The van der Waals surface area contributed by atoms with E-state index in [9.17, 15) is 4.79 Å². The molecule has 2 aliphatic rings. The molecule has 1 fully saturated rings. The molecule has 2 atom stereocenters. The Kier molecular flexibility index (Phi) is 4.27. The summed E-state index contributed by atoms with van der Waals surface area (Å²) in [5.41, 5.74) is 2.60. The van der Waals surface area contributed by atoms with Crippen molar-refractivity contribution in [1.29, 1.82) is 0 Å². The molecule has 114 valence electrons. The first kappa shape index (κ1) is 14.5. The highest BCUT2D eigenvalue weighted by molar-refractivity contribution is 5.82. The number of nitrogens with one attached hydrogen (secondary N) is 2. The van der Waals surface area contributed by atoms with Crippen molar-refractivity contribution in [2.45, 2.75) is 50.9 Å². The van der Waals surface area contributed by atoms with Gasteiger partial charge in [0, 0.05) is 25.2 Å². The first-order valence-electron chi connectivity index (χ1n) is 7.95. The van der Waals surface area contributed by atoms with Crippen molar-refractivity contribution >= 4 is 5.91 Å². The third-order valence-electron chi connectivity index (χ3n) is 4.79. The maximum atomic E-state index is 12.3. The summed E-state index contributed by atoms with van der Waals surface area (Å²) in [6, 6.07) is 9.39. The van der Waals surface area contributed by atoms with Crippen LogP contribution in [0.15, 0.2) is 24.3 Å². The topological polar surface area (TPSA) is 44.4 Å². The van der Waals surface area contributed by atoms with Gasteiger partial charge in [0.25, 0.3) is 0 Å². The lowest BCUT2D eigenvalue weighted by atomic mass is 9.95. The van der Waals surface area contributed by atoms with Crippen molar-refractivity contribution < 1.29 is 4.79 Å². The summed E-state index contributed by atoms with van der Waals surface area (Å²) >= 11 is 0. The van der Waals surface area contributed by atoms with Gasteiger partial charge >= 0.3 is 0 Å². The van der Waals surface area contributed by atoms with Crippen molar-refractivity contribution in [3.63, 3.8) is 0 Å². The monoisotopic (exact) mass is 287 g/mol. The number of likely N-dealkylation sites (N-methyl/N-ethyl adjacent to an activating group) is 1. The van der Waals surface area contributed by atoms with E-state index in [0.29, 0.717) is 6.04 Å². The van der Waals surface area contributed by atoms with Gasteiger partial charge in [-0.2, -0.15) is 0 Å². The molecule has 21 heavy (non-hydrogen) atoms. The van der Waals surface area contributed by atoms with Crippen LogP contribution >= 0.6 is 0 Å². The van der Waals surface area contributed by atoms with Gasteiger partial charge in [-0.05, 0) is 44.4 Å². The normalized spacial score (nSPS) is 22.7. The molecule has 0 spiro atoms. The molecule has 2 N–H and O–H groups in total. The van der Waals surface area contributed by atoms with E-state index in [-0.39, 0.29) is 11.9 Å². The zero-order valence-electron chi connectivity index (χ0n) is 12.9. The molecule has 1 saturated carbocycles. The van der Waals surface area contributed by atoms with Gasteiger partial charge < -0.3 is 10.6 Å². The van der Waals surface area contributed by atoms with E-state index in [1.165, 1.54) is 24.0 Å². The minimum Gasteiger partial charge on any atom is -0.353 e. The van der Waals surface area contributed by atoms with Crippen LogP contribution in [0.4, 0.5) is 0 Å². The smallest absolute Gasteiger partial charge is 0.237 e. The minimum atomic E-state index is -0.0988. The molecule has 1 aliphatic heterocycles. The van der Waals surface area contributed by atoms with E-state index in [0.717, 1.165) is 25.6 Å². The average molecular weight is 287 g/mol. The van der Waals surface area contributed by atoms with Crippen LogP contribution in [-0.2, 0) is 17.8 Å². The summed E-state index contributed by atoms with van der Waals surface area (Å²) in [6.07, 6.45) is 3.39. The van der Waals surface area contributed by atoms with Gasteiger partial charge in [0.2, 0.25) is 5.91 Å². The van der Waals surface area contributed by atoms with Gasteiger partial charge in [-0.25, -0.2) is 0 Å². The molecule has 1 heterocycles. The molecule has 1 aromatic rings. The SMILES string of the molecule is CC(CNC(=O)[C@@H]1Cc2ccccc2CN1)N(C)C1CC1. The number of hydrogen-bond donors (Lipinski definition) is 2. The predicted molar refractivity (Wildman–Crippen MR) is 84.0 cm³/mol. The van der Waals surface area contributed by atoms with Crippen LogP contribution in [0.1, 0.15) is 30.9 Å². The molecule has 1 unspecified atom stereocenters. The van der Waals surface area contributed by atoms with Crippen LogP contribution in [0.2, 0.25) is 0 Å². The Bertz CT molecular complexity index is 513. The Morgan fingerprint density at radius 3 is 2.81 bits per heavy atom. The molecule has 0 bridgehead atoms. The van der Waals surface area contributed by atoms with E-state index in [1.54, 1.807) is 0 Å². The van der Waals surface area contributed by atoms with Crippen LogP contribution in [-0.4, -0.2) is 42.5 Å². The third-order valence-corrected chi connectivity index (χ3v) is 4.79. The molecular weight excluding hydrogens is 262 g/mol. The number of benzene rings is 1. The van der Waals surface area contributed by atoms with Gasteiger partial charge in [0.1, 0.15) is 0 Å². The molecule has 1 amide bonds. The highest BCUT2D eigenvalue weighted by Gasteiger charge is 2.30. The van der Waals surface area contributed by atoms with Gasteiger partial charge in [-0.3, -0.25) is 9.69 Å². The van der Waals surface area contributed by atoms with Gasteiger partial charge in [-0.1, -0.05) is 24.3 Å². The van der Waals surface area contributed by atoms with Crippen LogP contribution in [0.3, 0.4) is 0 Å². The molecule has 3 rings (SSSR count). The minimum absolute atomic E-state index is 0.0988. The van der Waals surface area contributed by atoms with Crippen LogP contribution in [0.5, 0.6) is 0 Å². The zero-order chi connectivity index (χ0) is 14.8. The Morgan fingerprint density at radius 2 is 2.10 bits per heavy atom. The highest BCUT2D eigenvalue weighted by atomic mass is 16.2. The lowest BCUT2D eigenvalue weighted by molar-refractivity contribution is -0.123. The Morgan fingerprint density at radius 1 is 1.38 bits per heavy atom. The number of hydrogen-bond acceptors (Lipinski definition) is 3. The fourth-order valence-electron chi connectivity index (χ4n) is 3.00. The number of rotatable bonds is 5. The third kappa shape index (κ3) is 3.44. The molecule has 4 heteroatoms. The fraction of sp³-hybridized carbons (Fsp3) is 0.588. The van der Waals surface area contributed by atoms with Gasteiger partial charge in [-0.15, -0.1) is 0 Å². The summed E-state index contributed by atoms with van der Waals surface area (Å²) in [7, 11) is 2.16. The quantitative estimate of drug-likeness (QED) is 0.858. The van der Waals surface area contributed by atoms with Crippen molar-refractivity contribution in [3.05, 3.63) is 35.4 Å². The largest absolute Gasteiger partial charge is 0.353 e. The fourth-order valence-corrected chi connectivity index (χ4v) is 3.00. The first-order valence-corrected chi connectivity index (χ1v) is 7.95. The number of amides is 1.